The Morgan fingerprint density at radius 1 is 1.00 bits per heavy atom. The van der Waals surface area contributed by atoms with Gasteiger partial charge in [0.1, 0.15) is 0 Å². The fraction of sp³-hybridized carbons (Fsp3) is 0.455. The van der Waals surface area contributed by atoms with Gasteiger partial charge in [0.25, 0.3) is 0 Å². The minimum absolute atomic E-state index is 1.25. The van der Waals surface area contributed by atoms with Crippen molar-refractivity contribution >= 4 is 0 Å². The molecule has 0 bridgehead atoms. The van der Waals surface area contributed by atoms with Crippen LogP contribution in [0.4, 0.5) is 0 Å². The molecule has 0 atom stereocenters. The van der Waals surface area contributed by atoms with E-state index in [0.29, 0.717) is 0 Å². The lowest BCUT2D eigenvalue weighted by Crippen LogP contribution is -2.29. The number of hydrogen-bond donors (Lipinski definition) is 1. The summed E-state index contributed by atoms with van der Waals surface area (Å²) in [5, 5.41) is 3.11. The monoisotopic (exact) mass is 163 g/mol. The second kappa shape index (κ2) is 4.94. The minimum Gasteiger partial charge on any atom is -0.317 e. The highest BCUT2D eigenvalue weighted by atomic mass is 14.9. The molecule has 1 heteroatoms. The van der Waals surface area contributed by atoms with Crippen molar-refractivity contribution < 1.29 is 0 Å². The van der Waals surface area contributed by atoms with E-state index in [1.807, 2.05) is 0 Å². The number of nitrogens with one attached hydrogen (secondary N) is 1. The lowest BCUT2D eigenvalue weighted by atomic mass is 10.1. The maximum atomic E-state index is 3.11. The van der Waals surface area contributed by atoms with Crippen molar-refractivity contribution in [2.24, 2.45) is 0 Å². The van der Waals surface area contributed by atoms with E-state index >= 15 is 0 Å². The summed E-state index contributed by atoms with van der Waals surface area (Å²) in [6, 6.07) is 8.36. The quantitative estimate of drug-likeness (QED) is 0.618. The Morgan fingerprint density at radius 2 is 1.33 bits per heavy atom. The van der Waals surface area contributed by atoms with E-state index in [2.05, 4.69) is 43.4 Å². The summed E-state index contributed by atoms with van der Waals surface area (Å²) in [5.41, 5.74) is 2.74. The molecule has 1 heterocycles. The molecule has 0 unspecified atom stereocenters. The topological polar surface area (TPSA) is 12.0 Å². The second-order valence-electron chi connectivity index (χ2n) is 3.19. The van der Waals surface area contributed by atoms with Crippen LogP contribution in [0.3, 0.4) is 0 Å². The van der Waals surface area contributed by atoms with Crippen LogP contribution in [0.25, 0.3) is 0 Å². The summed E-state index contributed by atoms with van der Waals surface area (Å²) in [4.78, 5) is 0. The van der Waals surface area contributed by atoms with Gasteiger partial charge in [0, 0.05) is 0 Å². The molecule has 1 aliphatic rings. The Kier molecular flexibility index (Phi) is 3.81. The summed E-state index contributed by atoms with van der Waals surface area (Å²) >= 11 is 0. The average molecular weight is 163 g/mol. The molecule has 1 aromatic rings. The van der Waals surface area contributed by atoms with E-state index in [0.717, 1.165) is 0 Å². The molecule has 1 aliphatic heterocycles. The van der Waals surface area contributed by atoms with Crippen molar-refractivity contribution in [2.75, 3.05) is 13.1 Å². The smallest absolute Gasteiger partial charge is 0.00368 e. The molecule has 0 aliphatic carbocycles. The highest BCUT2D eigenvalue weighted by molar-refractivity contribution is 5.23. The normalized spacial score (nSPS) is 14.2. The van der Waals surface area contributed by atoms with Gasteiger partial charge in [0.2, 0.25) is 0 Å². The van der Waals surface area contributed by atoms with Gasteiger partial charge >= 0.3 is 0 Å². The number of benzene rings is 1. The zero-order valence-electron chi connectivity index (χ0n) is 7.93. The fourth-order valence-electron chi connectivity index (χ4n) is 0.839. The molecule has 1 N–H and O–H groups in total. The van der Waals surface area contributed by atoms with Gasteiger partial charge < -0.3 is 5.32 Å². The first kappa shape index (κ1) is 9.27. The Morgan fingerprint density at radius 3 is 1.50 bits per heavy atom. The summed E-state index contributed by atoms with van der Waals surface area (Å²) in [6.07, 6.45) is 1.39. The van der Waals surface area contributed by atoms with Gasteiger partial charge in [-0.25, -0.2) is 0 Å². The van der Waals surface area contributed by atoms with Crippen LogP contribution in [0.1, 0.15) is 17.5 Å². The molecule has 0 radical (unpaired) electrons. The lowest BCUT2D eigenvalue weighted by molar-refractivity contribution is 0.527. The van der Waals surface area contributed by atoms with Gasteiger partial charge in [-0.1, -0.05) is 24.3 Å². The molecular weight excluding hydrogens is 146 g/mol. The molecule has 1 nitrogen and oxygen atoms in total. The van der Waals surface area contributed by atoms with Gasteiger partial charge in [0.05, 0.1) is 0 Å². The van der Waals surface area contributed by atoms with Crippen LogP contribution in [0, 0.1) is 13.8 Å². The Hall–Kier alpha value is -0.820. The highest BCUT2D eigenvalue weighted by Crippen LogP contribution is 2.02. The van der Waals surface area contributed by atoms with Crippen LogP contribution >= 0.6 is 0 Å². The van der Waals surface area contributed by atoms with Gasteiger partial charge in [-0.2, -0.15) is 0 Å². The minimum atomic E-state index is 1.25. The van der Waals surface area contributed by atoms with E-state index in [4.69, 9.17) is 0 Å². The Balaban J connectivity index is 0.000000150. The van der Waals surface area contributed by atoms with Gasteiger partial charge in [0.15, 0.2) is 0 Å². The first-order valence-electron chi connectivity index (χ1n) is 4.53. The molecule has 0 aromatic heterocycles. The van der Waals surface area contributed by atoms with Crippen LogP contribution in [0.2, 0.25) is 0 Å². The Bertz CT molecular complexity index is 201. The molecule has 0 amide bonds. The van der Waals surface area contributed by atoms with E-state index in [9.17, 15) is 0 Å². The second-order valence-corrected chi connectivity index (χ2v) is 3.19. The number of aryl methyl sites for hydroxylation is 2. The summed E-state index contributed by atoms with van der Waals surface area (Å²) < 4.78 is 0. The standard InChI is InChI=1S/C8H10.C3H7N/c1-7-5-3-4-6-8(7)2;1-2-4-3-1/h3-6H,1-2H3;4H,1-3H2. The largest absolute Gasteiger partial charge is 0.317 e. The van der Waals surface area contributed by atoms with E-state index < -0.39 is 0 Å². The first-order valence-corrected chi connectivity index (χ1v) is 4.53. The fourth-order valence-corrected chi connectivity index (χ4v) is 0.839. The van der Waals surface area contributed by atoms with Crippen LogP contribution in [-0.4, -0.2) is 13.1 Å². The van der Waals surface area contributed by atoms with Crippen molar-refractivity contribution in [3.8, 4) is 0 Å². The van der Waals surface area contributed by atoms with Crippen molar-refractivity contribution in [1.29, 1.82) is 0 Å². The van der Waals surface area contributed by atoms with E-state index in [1.54, 1.807) is 0 Å². The average Bonchev–Trinajstić information content (AvgIpc) is 1.92. The maximum Gasteiger partial charge on any atom is -0.00368 e. The number of rotatable bonds is 0. The molecule has 1 aromatic carbocycles. The lowest BCUT2D eigenvalue weighted by Gasteiger charge is -2.09. The summed E-state index contributed by atoms with van der Waals surface area (Å²) in [6.45, 7) is 6.74. The third-order valence-corrected chi connectivity index (χ3v) is 2.13. The van der Waals surface area contributed by atoms with Crippen molar-refractivity contribution in [2.45, 2.75) is 20.3 Å². The molecule has 0 spiro atoms. The van der Waals surface area contributed by atoms with Gasteiger partial charge in [-0.05, 0) is 44.5 Å². The molecule has 1 fully saturated rings. The maximum absolute atomic E-state index is 3.11. The summed E-state index contributed by atoms with van der Waals surface area (Å²) in [7, 11) is 0. The van der Waals surface area contributed by atoms with Crippen LogP contribution in [0.5, 0.6) is 0 Å². The molecule has 2 rings (SSSR count). The third kappa shape index (κ3) is 3.05. The van der Waals surface area contributed by atoms with E-state index in [1.165, 1.54) is 30.6 Å². The summed E-state index contributed by atoms with van der Waals surface area (Å²) in [5.74, 6) is 0. The first-order chi connectivity index (χ1) is 5.80. The SMILES string of the molecule is C1CNC1.Cc1ccccc1C. The third-order valence-electron chi connectivity index (χ3n) is 2.13. The Labute approximate surface area is 74.8 Å². The highest BCUT2D eigenvalue weighted by Gasteiger charge is 1.92. The molecular formula is C11H17N. The van der Waals surface area contributed by atoms with Crippen LogP contribution in [0.15, 0.2) is 24.3 Å². The van der Waals surface area contributed by atoms with Gasteiger partial charge in [-0.15, -0.1) is 0 Å². The molecule has 12 heavy (non-hydrogen) atoms. The van der Waals surface area contributed by atoms with Crippen molar-refractivity contribution in [3.63, 3.8) is 0 Å². The van der Waals surface area contributed by atoms with E-state index in [-0.39, 0.29) is 0 Å². The molecule has 66 valence electrons. The van der Waals surface area contributed by atoms with Crippen LogP contribution < -0.4 is 5.32 Å². The van der Waals surface area contributed by atoms with Crippen molar-refractivity contribution in [3.05, 3.63) is 35.4 Å². The number of hydrogen-bond acceptors (Lipinski definition) is 1. The van der Waals surface area contributed by atoms with Crippen molar-refractivity contribution in [1.82, 2.24) is 5.32 Å². The predicted octanol–water partition coefficient (Wildman–Crippen LogP) is 2.28. The molecule has 1 saturated heterocycles. The zero-order valence-corrected chi connectivity index (χ0v) is 7.93. The predicted molar refractivity (Wildman–Crippen MR) is 53.4 cm³/mol. The van der Waals surface area contributed by atoms with Gasteiger partial charge in [-0.3, -0.25) is 0 Å². The molecule has 0 saturated carbocycles. The van der Waals surface area contributed by atoms with Crippen LogP contribution in [-0.2, 0) is 0 Å². The zero-order chi connectivity index (χ0) is 8.81.